The van der Waals surface area contributed by atoms with Crippen LogP contribution in [0, 0.1) is 23.2 Å². The van der Waals surface area contributed by atoms with Crippen molar-refractivity contribution in [2.45, 2.75) is 109 Å². The Kier molecular flexibility index (Phi) is 8.96. The fourth-order valence-corrected chi connectivity index (χ4v) is 10.9. The van der Waals surface area contributed by atoms with Crippen LogP contribution in [-0.4, -0.2) is 73.3 Å². The third kappa shape index (κ3) is 6.14. The predicted octanol–water partition coefficient (Wildman–Crippen LogP) is 8.46. The number of likely N-dealkylation sites (tertiary alicyclic amines) is 2. The molecule has 2 aromatic heterocycles. The molecule has 12 heteroatoms. The van der Waals surface area contributed by atoms with Gasteiger partial charge in [-0.3, -0.25) is 9.59 Å². The molecule has 2 amide bonds. The summed E-state index contributed by atoms with van der Waals surface area (Å²) in [6, 6.07) is 15.4. The van der Waals surface area contributed by atoms with Crippen LogP contribution >= 0.6 is 0 Å². The lowest BCUT2D eigenvalue weighted by Crippen LogP contribution is -2.51. The van der Waals surface area contributed by atoms with Gasteiger partial charge in [-0.15, -0.1) is 0 Å². The van der Waals surface area contributed by atoms with E-state index < -0.39 is 12.0 Å². The lowest BCUT2D eigenvalue weighted by Gasteiger charge is -2.41. The number of aromatic amines is 2. The van der Waals surface area contributed by atoms with Crippen molar-refractivity contribution in [3.05, 3.63) is 83.6 Å². The quantitative estimate of drug-likeness (QED) is 0.118. The van der Waals surface area contributed by atoms with E-state index in [1.165, 1.54) is 0 Å². The summed E-state index contributed by atoms with van der Waals surface area (Å²) in [7, 11) is 1.85. The third-order valence-electron chi connectivity index (χ3n) is 14.5. The molecule has 5 N–H and O–H groups in total. The number of likely N-dealkylation sites (N-methyl/N-ethyl adjacent to an activating group) is 1. The lowest BCUT2D eigenvalue weighted by molar-refractivity contribution is -0.140. The van der Waals surface area contributed by atoms with Crippen molar-refractivity contribution in [2.75, 3.05) is 13.6 Å². The first kappa shape index (κ1) is 38.3. The number of piperidine rings is 2. The van der Waals surface area contributed by atoms with Gasteiger partial charge >= 0.3 is 0 Å². The maximum atomic E-state index is 16.6. The molecule has 2 aliphatic heterocycles. The molecular formula is C47H54F2N8O2. The molecule has 4 heterocycles. The van der Waals surface area contributed by atoms with Crippen LogP contribution in [0.5, 0.6) is 0 Å². The minimum atomic E-state index is -3.22. The fraction of sp³-hybridized carbons (Fsp3) is 0.489. The number of carbonyl (C=O) groups excluding carboxylic acids is 2. The Morgan fingerprint density at radius 1 is 0.847 bits per heavy atom. The van der Waals surface area contributed by atoms with Crippen molar-refractivity contribution >= 4 is 22.8 Å². The van der Waals surface area contributed by atoms with Gasteiger partial charge in [0.25, 0.3) is 5.92 Å². The summed E-state index contributed by atoms with van der Waals surface area (Å²) >= 11 is 0. The molecule has 3 aromatic carbocycles. The van der Waals surface area contributed by atoms with Crippen LogP contribution in [0.3, 0.4) is 0 Å². The van der Waals surface area contributed by atoms with Gasteiger partial charge in [0, 0.05) is 29.3 Å². The van der Waals surface area contributed by atoms with Crippen molar-refractivity contribution in [1.29, 1.82) is 0 Å². The molecule has 5 aromatic rings. The van der Waals surface area contributed by atoms with E-state index in [1.54, 1.807) is 30.5 Å². The zero-order valence-corrected chi connectivity index (χ0v) is 34.5. The SMILES string of the molecule is CNC(C(=O)N1[C@@H]2CC[C@@H](C2)[C@H]1c1nc2ccc(-c3ccc4c(c3)C(F)(F)c3cc(-c5cnc([C@@H]6CCC7(CC7)CN6C(=O)C(N)C(C)C)[nH]5)ccc3-4)cc2[nH]1)C(C)C. The maximum Gasteiger partial charge on any atom is 0.299 e. The highest BCUT2D eigenvalue weighted by Gasteiger charge is 2.52. The van der Waals surface area contributed by atoms with Gasteiger partial charge in [0.1, 0.15) is 11.6 Å². The molecule has 5 aliphatic rings. The second-order valence-electron chi connectivity index (χ2n) is 18.8. The number of hydrogen-bond acceptors (Lipinski definition) is 6. The molecule has 0 radical (unpaired) electrons. The Morgan fingerprint density at radius 2 is 1.54 bits per heavy atom. The van der Waals surface area contributed by atoms with E-state index in [-0.39, 0.29) is 64.4 Å². The van der Waals surface area contributed by atoms with Crippen LogP contribution in [0.15, 0.2) is 60.8 Å². The van der Waals surface area contributed by atoms with Crippen molar-refractivity contribution in [3.8, 4) is 33.5 Å². The number of nitrogens with zero attached hydrogens (tertiary/aromatic N) is 4. The topological polar surface area (TPSA) is 136 Å². The molecule has 308 valence electrons. The van der Waals surface area contributed by atoms with E-state index in [9.17, 15) is 9.59 Å². The van der Waals surface area contributed by atoms with Crippen molar-refractivity contribution in [1.82, 2.24) is 35.1 Å². The molecule has 2 unspecified atom stereocenters. The maximum absolute atomic E-state index is 16.6. The minimum Gasteiger partial charge on any atom is -0.340 e. The number of halogens is 2. The fourth-order valence-electron chi connectivity index (χ4n) is 10.9. The van der Waals surface area contributed by atoms with Crippen molar-refractivity contribution < 1.29 is 18.4 Å². The zero-order chi connectivity index (χ0) is 41.1. The summed E-state index contributed by atoms with van der Waals surface area (Å²) in [5.74, 6) is -1.18. The summed E-state index contributed by atoms with van der Waals surface area (Å²) < 4.78 is 33.2. The number of nitrogens with two attached hydrogens (primary N) is 1. The highest BCUT2D eigenvalue weighted by Crippen LogP contribution is 2.56. The van der Waals surface area contributed by atoms with Gasteiger partial charge in [0.15, 0.2) is 0 Å². The lowest BCUT2D eigenvalue weighted by atomic mass is 9.88. The first-order valence-corrected chi connectivity index (χ1v) is 21.5. The second-order valence-corrected chi connectivity index (χ2v) is 18.8. The summed E-state index contributed by atoms with van der Waals surface area (Å²) in [4.78, 5) is 48.1. The molecule has 2 saturated carbocycles. The smallest absolute Gasteiger partial charge is 0.299 e. The number of H-pyrrole nitrogens is 2. The van der Waals surface area contributed by atoms with E-state index in [2.05, 4.69) is 34.0 Å². The highest BCUT2D eigenvalue weighted by atomic mass is 19.3. The average molecular weight is 801 g/mol. The Labute approximate surface area is 343 Å². The zero-order valence-electron chi connectivity index (χ0n) is 34.5. The molecule has 6 atom stereocenters. The van der Waals surface area contributed by atoms with Crippen LogP contribution in [-0.2, 0) is 15.5 Å². The molecule has 10 rings (SSSR count). The Balaban J connectivity index is 0.911. The molecular weight excluding hydrogens is 747 g/mol. The summed E-state index contributed by atoms with van der Waals surface area (Å²) in [5.41, 5.74) is 11.9. The van der Waals surface area contributed by atoms with E-state index in [0.29, 0.717) is 46.2 Å². The summed E-state index contributed by atoms with van der Waals surface area (Å²) in [6.07, 6.45) is 8.82. The summed E-state index contributed by atoms with van der Waals surface area (Å²) in [6.45, 7) is 8.73. The Bertz CT molecular complexity index is 2480. The van der Waals surface area contributed by atoms with E-state index >= 15 is 8.78 Å². The summed E-state index contributed by atoms with van der Waals surface area (Å²) in [5, 5.41) is 3.23. The van der Waals surface area contributed by atoms with Crippen LogP contribution in [0.1, 0.15) is 108 Å². The monoisotopic (exact) mass is 800 g/mol. The van der Waals surface area contributed by atoms with Gasteiger partial charge < -0.3 is 30.8 Å². The predicted molar refractivity (Wildman–Crippen MR) is 224 cm³/mol. The van der Waals surface area contributed by atoms with Gasteiger partial charge in [-0.25, -0.2) is 9.97 Å². The number of benzene rings is 3. The normalized spacial score (nSPS) is 24.6. The van der Waals surface area contributed by atoms with Crippen LogP contribution in [0.2, 0.25) is 0 Å². The van der Waals surface area contributed by atoms with Gasteiger partial charge in [-0.05, 0) is 122 Å². The number of imidazole rings is 2. The molecule has 59 heavy (non-hydrogen) atoms. The van der Waals surface area contributed by atoms with Crippen molar-refractivity contribution in [2.24, 2.45) is 28.9 Å². The van der Waals surface area contributed by atoms with E-state index in [4.69, 9.17) is 15.7 Å². The molecule has 1 spiro atoms. The van der Waals surface area contributed by atoms with Gasteiger partial charge in [0.05, 0.1) is 47.1 Å². The standard InChI is InChI=1S/C47H54F2N8O2/c1-24(2)39(50)44(58)56-23-46(16-17-46)15-14-38(56)42-52-22-37(55-42)28-8-12-32-31-11-7-26(19-33(31)47(48,49)34(32)20-28)27-9-13-35-36(21-27)54-43(53-35)41-29-6-10-30(18-29)57(41)45(59)40(51-5)25(3)4/h7-9,11-13,19-22,24-25,29-30,38-41,51H,6,10,14-18,23,50H2,1-5H3,(H,52,55)(H,53,54)/t29-,30+,38-,39?,40?,41-/m0/s1. The number of nitrogens with one attached hydrogen (secondary N) is 3. The molecule has 4 fully saturated rings. The van der Waals surface area contributed by atoms with Gasteiger partial charge in [-0.1, -0.05) is 58.0 Å². The molecule has 2 bridgehead atoms. The second kappa shape index (κ2) is 13.8. The minimum absolute atomic E-state index is 0.0117. The van der Waals surface area contributed by atoms with Crippen LogP contribution in [0.4, 0.5) is 8.78 Å². The first-order valence-electron chi connectivity index (χ1n) is 21.5. The number of aromatic nitrogens is 4. The Hall–Kier alpha value is -4.94. The Morgan fingerprint density at radius 3 is 2.24 bits per heavy atom. The number of rotatable bonds is 9. The number of carbonyl (C=O) groups is 2. The van der Waals surface area contributed by atoms with Gasteiger partial charge in [0.2, 0.25) is 11.8 Å². The van der Waals surface area contributed by atoms with Gasteiger partial charge in [-0.2, -0.15) is 8.78 Å². The average Bonchev–Trinajstić information content (AvgIpc) is 3.78. The molecule has 10 nitrogen and oxygen atoms in total. The first-order chi connectivity index (χ1) is 28.3. The third-order valence-corrected chi connectivity index (χ3v) is 14.5. The number of fused-ring (bicyclic) bond motifs is 6. The van der Waals surface area contributed by atoms with Crippen LogP contribution < -0.4 is 11.1 Å². The largest absolute Gasteiger partial charge is 0.340 e. The van der Waals surface area contributed by atoms with Crippen molar-refractivity contribution in [3.63, 3.8) is 0 Å². The van der Waals surface area contributed by atoms with Crippen LogP contribution in [0.25, 0.3) is 44.5 Å². The van der Waals surface area contributed by atoms with E-state index in [1.807, 2.05) is 56.1 Å². The number of amides is 2. The molecule has 2 saturated heterocycles. The highest BCUT2D eigenvalue weighted by molar-refractivity contribution is 5.88. The number of hydrogen-bond donors (Lipinski definition) is 4. The van der Waals surface area contributed by atoms with E-state index in [0.717, 1.165) is 67.4 Å². The number of alkyl halides is 2. The molecule has 3 aliphatic carbocycles.